The Balaban J connectivity index is 1.75. The molecule has 2 heterocycles. The highest BCUT2D eigenvalue weighted by Crippen LogP contribution is 2.20. The largest absolute Gasteiger partial charge is 0.366 e. The van der Waals surface area contributed by atoms with Crippen molar-refractivity contribution in [3.05, 3.63) is 72.1 Å². The lowest BCUT2D eigenvalue weighted by atomic mass is 10.3. The first-order chi connectivity index (χ1) is 11.2. The van der Waals surface area contributed by atoms with Gasteiger partial charge in [-0.2, -0.15) is 0 Å². The Bertz CT molecular complexity index is 792. The van der Waals surface area contributed by atoms with Gasteiger partial charge in [-0.3, -0.25) is 4.98 Å². The van der Waals surface area contributed by atoms with E-state index in [2.05, 4.69) is 25.6 Å². The Labute approximate surface area is 133 Å². The van der Waals surface area contributed by atoms with Gasteiger partial charge in [0.2, 0.25) is 0 Å². The topological polar surface area (TPSA) is 62.7 Å². The summed E-state index contributed by atoms with van der Waals surface area (Å²) >= 11 is 0. The Morgan fingerprint density at radius 1 is 1.04 bits per heavy atom. The van der Waals surface area contributed by atoms with Gasteiger partial charge in [-0.25, -0.2) is 14.4 Å². The predicted octanol–water partition coefficient (Wildman–Crippen LogP) is 3.67. The quantitative estimate of drug-likeness (QED) is 0.753. The summed E-state index contributed by atoms with van der Waals surface area (Å²) in [6, 6.07) is 12.1. The minimum Gasteiger partial charge on any atom is -0.366 e. The third kappa shape index (κ3) is 4.00. The van der Waals surface area contributed by atoms with Crippen LogP contribution in [-0.2, 0) is 6.54 Å². The van der Waals surface area contributed by atoms with Crippen molar-refractivity contribution in [3.8, 4) is 0 Å². The third-order valence-electron chi connectivity index (χ3n) is 3.17. The molecule has 0 saturated heterocycles. The van der Waals surface area contributed by atoms with Crippen LogP contribution in [0, 0.1) is 12.7 Å². The van der Waals surface area contributed by atoms with E-state index in [-0.39, 0.29) is 5.82 Å². The van der Waals surface area contributed by atoms with Gasteiger partial charge >= 0.3 is 0 Å². The van der Waals surface area contributed by atoms with Gasteiger partial charge in [-0.15, -0.1) is 0 Å². The highest BCUT2D eigenvalue weighted by Gasteiger charge is 2.05. The molecule has 0 radical (unpaired) electrons. The Morgan fingerprint density at radius 3 is 2.65 bits per heavy atom. The summed E-state index contributed by atoms with van der Waals surface area (Å²) in [6.45, 7) is 2.39. The van der Waals surface area contributed by atoms with Gasteiger partial charge in [0.25, 0.3) is 0 Å². The molecular weight excluding hydrogens is 293 g/mol. The van der Waals surface area contributed by atoms with Crippen molar-refractivity contribution in [1.82, 2.24) is 15.0 Å². The van der Waals surface area contributed by atoms with E-state index in [1.54, 1.807) is 43.6 Å². The number of hydrogen-bond acceptors (Lipinski definition) is 5. The van der Waals surface area contributed by atoms with E-state index in [0.717, 1.165) is 5.56 Å². The van der Waals surface area contributed by atoms with E-state index in [4.69, 9.17) is 0 Å². The highest BCUT2D eigenvalue weighted by atomic mass is 19.1. The summed E-state index contributed by atoms with van der Waals surface area (Å²) in [5.74, 6) is 1.48. The smallest absolute Gasteiger partial charge is 0.146 e. The number of anilines is 3. The van der Waals surface area contributed by atoms with Crippen molar-refractivity contribution in [2.24, 2.45) is 0 Å². The van der Waals surface area contributed by atoms with Crippen LogP contribution in [0.5, 0.6) is 0 Å². The molecule has 0 spiro atoms. The van der Waals surface area contributed by atoms with Gasteiger partial charge in [-0.1, -0.05) is 18.2 Å². The molecule has 0 fully saturated rings. The van der Waals surface area contributed by atoms with Crippen molar-refractivity contribution in [2.75, 3.05) is 10.6 Å². The number of pyridine rings is 1. The third-order valence-corrected chi connectivity index (χ3v) is 3.17. The van der Waals surface area contributed by atoms with Crippen LogP contribution < -0.4 is 10.6 Å². The maximum atomic E-state index is 13.7. The van der Waals surface area contributed by atoms with E-state index < -0.39 is 0 Å². The fourth-order valence-electron chi connectivity index (χ4n) is 2.12. The average Bonchev–Trinajstić information content (AvgIpc) is 2.56. The maximum Gasteiger partial charge on any atom is 0.146 e. The van der Waals surface area contributed by atoms with Crippen molar-refractivity contribution < 1.29 is 4.39 Å². The predicted molar refractivity (Wildman–Crippen MR) is 88.0 cm³/mol. The summed E-state index contributed by atoms with van der Waals surface area (Å²) in [5, 5.41) is 6.19. The van der Waals surface area contributed by atoms with Gasteiger partial charge in [-0.05, 0) is 30.7 Å². The summed E-state index contributed by atoms with van der Waals surface area (Å²) in [7, 11) is 0. The number of hydrogen-bond donors (Lipinski definition) is 2. The van der Waals surface area contributed by atoms with Crippen LogP contribution in [0.25, 0.3) is 0 Å². The normalized spacial score (nSPS) is 10.3. The molecule has 6 heteroatoms. The number of aryl methyl sites for hydroxylation is 1. The van der Waals surface area contributed by atoms with E-state index in [9.17, 15) is 4.39 Å². The number of aromatic nitrogens is 3. The van der Waals surface area contributed by atoms with E-state index >= 15 is 0 Å². The molecular formula is C17H16FN5. The number of nitrogens with zero attached hydrogens (tertiary/aromatic N) is 3. The first-order valence-electron chi connectivity index (χ1n) is 7.21. The Hall–Kier alpha value is -3.02. The molecule has 2 N–H and O–H groups in total. The minimum atomic E-state index is -0.325. The van der Waals surface area contributed by atoms with Gasteiger partial charge in [0.15, 0.2) is 0 Å². The molecule has 2 aromatic heterocycles. The highest BCUT2D eigenvalue weighted by molar-refractivity contribution is 5.59. The molecule has 116 valence electrons. The zero-order chi connectivity index (χ0) is 16.1. The molecule has 0 atom stereocenters. The second-order valence-corrected chi connectivity index (χ2v) is 5.01. The van der Waals surface area contributed by atoms with Gasteiger partial charge < -0.3 is 10.6 Å². The van der Waals surface area contributed by atoms with Crippen molar-refractivity contribution in [2.45, 2.75) is 13.5 Å². The SMILES string of the molecule is Cc1nc(NCc2cccnc2)cc(Nc2ccccc2F)n1. The monoisotopic (exact) mass is 309 g/mol. The number of para-hydroxylation sites is 1. The van der Waals surface area contributed by atoms with Crippen molar-refractivity contribution >= 4 is 17.3 Å². The molecule has 23 heavy (non-hydrogen) atoms. The second-order valence-electron chi connectivity index (χ2n) is 5.01. The van der Waals surface area contributed by atoms with Crippen LogP contribution in [0.3, 0.4) is 0 Å². The van der Waals surface area contributed by atoms with Crippen LogP contribution in [0.1, 0.15) is 11.4 Å². The number of nitrogens with one attached hydrogen (secondary N) is 2. The summed E-state index contributed by atoms with van der Waals surface area (Å²) in [6.07, 6.45) is 3.52. The fraction of sp³-hybridized carbons (Fsp3) is 0.118. The summed E-state index contributed by atoms with van der Waals surface area (Å²) in [5.41, 5.74) is 1.43. The van der Waals surface area contributed by atoms with Gasteiger partial charge in [0.1, 0.15) is 23.3 Å². The Kier molecular flexibility index (Phi) is 4.42. The molecule has 0 aliphatic rings. The molecule has 0 saturated carbocycles. The first kappa shape index (κ1) is 14.9. The molecule has 3 aromatic rings. The van der Waals surface area contributed by atoms with E-state index in [0.29, 0.717) is 29.7 Å². The van der Waals surface area contributed by atoms with Crippen LogP contribution in [0.15, 0.2) is 54.9 Å². The molecule has 0 aliphatic heterocycles. The van der Waals surface area contributed by atoms with Crippen LogP contribution in [-0.4, -0.2) is 15.0 Å². The van der Waals surface area contributed by atoms with Crippen LogP contribution in [0.2, 0.25) is 0 Å². The molecule has 1 aromatic carbocycles. The summed E-state index contributed by atoms with van der Waals surface area (Å²) < 4.78 is 13.7. The number of benzene rings is 1. The van der Waals surface area contributed by atoms with Gasteiger partial charge in [0, 0.05) is 25.0 Å². The zero-order valence-corrected chi connectivity index (χ0v) is 12.6. The Morgan fingerprint density at radius 2 is 1.87 bits per heavy atom. The first-order valence-corrected chi connectivity index (χ1v) is 7.21. The van der Waals surface area contributed by atoms with Crippen LogP contribution >= 0.6 is 0 Å². The lowest BCUT2D eigenvalue weighted by Gasteiger charge is -2.10. The molecule has 0 amide bonds. The number of halogens is 1. The lowest BCUT2D eigenvalue weighted by Crippen LogP contribution is -2.05. The standard InChI is InChI=1S/C17H16FN5/c1-12-21-16(20-11-13-5-4-8-19-10-13)9-17(22-12)23-15-7-3-2-6-14(15)18/h2-10H,11H2,1H3,(H2,20,21,22,23). The molecule has 0 bridgehead atoms. The van der Waals surface area contributed by atoms with Crippen molar-refractivity contribution in [1.29, 1.82) is 0 Å². The van der Waals surface area contributed by atoms with E-state index in [1.807, 2.05) is 12.1 Å². The second kappa shape index (κ2) is 6.83. The van der Waals surface area contributed by atoms with E-state index in [1.165, 1.54) is 6.07 Å². The fourth-order valence-corrected chi connectivity index (χ4v) is 2.12. The van der Waals surface area contributed by atoms with Crippen LogP contribution in [0.4, 0.5) is 21.7 Å². The van der Waals surface area contributed by atoms with Gasteiger partial charge in [0.05, 0.1) is 5.69 Å². The molecule has 0 unspecified atom stereocenters. The summed E-state index contributed by atoms with van der Waals surface area (Å²) in [4.78, 5) is 12.7. The molecule has 0 aliphatic carbocycles. The molecule has 5 nitrogen and oxygen atoms in total. The number of rotatable bonds is 5. The lowest BCUT2D eigenvalue weighted by molar-refractivity contribution is 0.632. The minimum absolute atomic E-state index is 0.325. The van der Waals surface area contributed by atoms with Crippen molar-refractivity contribution in [3.63, 3.8) is 0 Å². The average molecular weight is 309 g/mol. The maximum absolute atomic E-state index is 13.7. The molecule has 3 rings (SSSR count). The zero-order valence-electron chi connectivity index (χ0n) is 12.6.